The molecular formula is C22H32ClNO3. The standard InChI is InChI=1S/C22H31NO3.ClH/c1-17(2)25-13-7-12-23-15-19-10-11-21(22(14-19)24-4)26-16-20-9-6-5-8-18(20)3;/h5-6,8-11,14,17,23H,7,12-13,15-16H2,1-4H3;1H. The minimum absolute atomic E-state index is 0. The van der Waals surface area contributed by atoms with Crippen molar-refractivity contribution in [2.75, 3.05) is 20.3 Å². The third-order valence-corrected chi connectivity index (χ3v) is 4.15. The van der Waals surface area contributed by atoms with E-state index in [0.717, 1.165) is 37.6 Å². The van der Waals surface area contributed by atoms with Crippen LogP contribution in [0.3, 0.4) is 0 Å². The molecule has 0 aliphatic rings. The number of aryl methyl sites for hydroxylation is 1. The highest BCUT2D eigenvalue weighted by molar-refractivity contribution is 5.85. The van der Waals surface area contributed by atoms with Gasteiger partial charge in [0.1, 0.15) is 6.61 Å². The molecule has 0 aliphatic heterocycles. The molecule has 27 heavy (non-hydrogen) atoms. The molecule has 0 unspecified atom stereocenters. The molecular weight excluding hydrogens is 362 g/mol. The predicted molar refractivity (Wildman–Crippen MR) is 113 cm³/mol. The summed E-state index contributed by atoms with van der Waals surface area (Å²) in [7, 11) is 1.68. The van der Waals surface area contributed by atoms with Crippen molar-refractivity contribution < 1.29 is 14.2 Å². The zero-order valence-electron chi connectivity index (χ0n) is 16.8. The van der Waals surface area contributed by atoms with Crippen molar-refractivity contribution in [3.63, 3.8) is 0 Å². The molecule has 0 fully saturated rings. The molecule has 2 aromatic rings. The molecule has 0 bridgehead atoms. The van der Waals surface area contributed by atoms with Gasteiger partial charge in [-0.05, 0) is 62.6 Å². The summed E-state index contributed by atoms with van der Waals surface area (Å²) in [6.07, 6.45) is 1.30. The molecule has 150 valence electrons. The summed E-state index contributed by atoms with van der Waals surface area (Å²) in [6, 6.07) is 14.3. The number of methoxy groups -OCH3 is 1. The molecule has 0 amide bonds. The van der Waals surface area contributed by atoms with E-state index in [-0.39, 0.29) is 12.4 Å². The average Bonchev–Trinajstić information content (AvgIpc) is 2.64. The van der Waals surface area contributed by atoms with E-state index in [0.29, 0.717) is 12.7 Å². The second-order valence-electron chi connectivity index (χ2n) is 6.65. The lowest BCUT2D eigenvalue weighted by molar-refractivity contribution is 0.0770. The van der Waals surface area contributed by atoms with Gasteiger partial charge < -0.3 is 19.5 Å². The van der Waals surface area contributed by atoms with Crippen LogP contribution >= 0.6 is 12.4 Å². The van der Waals surface area contributed by atoms with Gasteiger partial charge in [-0.15, -0.1) is 12.4 Å². The quantitative estimate of drug-likeness (QED) is 0.550. The van der Waals surface area contributed by atoms with Crippen LogP contribution in [0.5, 0.6) is 11.5 Å². The second-order valence-corrected chi connectivity index (χ2v) is 6.65. The minimum atomic E-state index is 0. The molecule has 5 heteroatoms. The highest BCUT2D eigenvalue weighted by atomic mass is 35.5. The SMILES string of the molecule is COc1cc(CNCCCOC(C)C)ccc1OCc1ccccc1C.Cl. The van der Waals surface area contributed by atoms with Gasteiger partial charge in [0.25, 0.3) is 0 Å². The molecule has 0 aromatic heterocycles. The second kappa shape index (κ2) is 12.6. The summed E-state index contributed by atoms with van der Waals surface area (Å²) in [6.45, 7) is 9.27. The number of rotatable bonds is 11. The van der Waals surface area contributed by atoms with E-state index in [4.69, 9.17) is 14.2 Å². The van der Waals surface area contributed by atoms with Crippen LogP contribution in [-0.4, -0.2) is 26.4 Å². The molecule has 0 saturated heterocycles. The van der Waals surface area contributed by atoms with Gasteiger partial charge in [0, 0.05) is 13.2 Å². The smallest absolute Gasteiger partial charge is 0.161 e. The minimum Gasteiger partial charge on any atom is -0.493 e. The van der Waals surface area contributed by atoms with Crippen LogP contribution in [-0.2, 0) is 17.9 Å². The van der Waals surface area contributed by atoms with Crippen LogP contribution in [0.2, 0.25) is 0 Å². The third-order valence-electron chi connectivity index (χ3n) is 4.15. The maximum atomic E-state index is 5.97. The number of ether oxygens (including phenoxy) is 3. The number of hydrogen-bond acceptors (Lipinski definition) is 4. The monoisotopic (exact) mass is 393 g/mol. The van der Waals surface area contributed by atoms with E-state index >= 15 is 0 Å². The Morgan fingerprint density at radius 2 is 1.81 bits per heavy atom. The van der Waals surface area contributed by atoms with Crippen LogP contribution in [0, 0.1) is 6.92 Å². The number of benzene rings is 2. The molecule has 0 atom stereocenters. The van der Waals surface area contributed by atoms with Crippen LogP contribution in [0.4, 0.5) is 0 Å². The Morgan fingerprint density at radius 1 is 1.04 bits per heavy atom. The van der Waals surface area contributed by atoms with Gasteiger partial charge in [-0.25, -0.2) is 0 Å². The van der Waals surface area contributed by atoms with Gasteiger partial charge in [0.2, 0.25) is 0 Å². The molecule has 0 saturated carbocycles. The number of hydrogen-bond donors (Lipinski definition) is 1. The van der Waals surface area contributed by atoms with Gasteiger partial charge in [0.05, 0.1) is 13.2 Å². The summed E-state index contributed by atoms with van der Waals surface area (Å²) in [5, 5.41) is 3.44. The fraction of sp³-hybridized carbons (Fsp3) is 0.455. The van der Waals surface area contributed by atoms with Gasteiger partial charge in [-0.3, -0.25) is 0 Å². The largest absolute Gasteiger partial charge is 0.493 e. The maximum Gasteiger partial charge on any atom is 0.161 e. The summed E-state index contributed by atoms with van der Waals surface area (Å²) >= 11 is 0. The zero-order valence-corrected chi connectivity index (χ0v) is 17.6. The van der Waals surface area contributed by atoms with Crippen molar-refractivity contribution >= 4 is 12.4 Å². The van der Waals surface area contributed by atoms with Gasteiger partial charge in [0.15, 0.2) is 11.5 Å². The summed E-state index contributed by atoms with van der Waals surface area (Å²) < 4.78 is 17.0. The molecule has 4 nitrogen and oxygen atoms in total. The normalized spacial score (nSPS) is 10.6. The fourth-order valence-corrected chi connectivity index (χ4v) is 2.62. The van der Waals surface area contributed by atoms with Crippen molar-refractivity contribution in [2.45, 2.75) is 46.4 Å². The molecule has 1 N–H and O–H groups in total. The first-order valence-corrected chi connectivity index (χ1v) is 9.26. The lowest BCUT2D eigenvalue weighted by Gasteiger charge is -2.14. The Bertz CT molecular complexity index is 676. The highest BCUT2D eigenvalue weighted by Gasteiger charge is 2.07. The Balaban J connectivity index is 0.00000364. The third kappa shape index (κ3) is 8.21. The molecule has 2 aromatic carbocycles. The van der Waals surface area contributed by atoms with Crippen molar-refractivity contribution in [3.8, 4) is 11.5 Å². The van der Waals surface area contributed by atoms with Crippen molar-refractivity contribution in [3.05, 3.63) is 59.2 Å². The highest BCUT2D eigenvalue weighted by Crippen LogP contribution is 2.29. The van der Waals surface area contributed by atoms with Crippen LogP contribution in [0.15, 0.2) is 42.5 Å². The average molecular weight is 394 g/mol. The van der Waals surface area contributed by atoms with E-state index in [1.807, 2.05) is 24.3 Å². The summed E-state index contributed by atoms with van der Waals surface area (Å²) in [5.41, 5.74) is 3.59. The van der Waals surface area contributed by atoms with Crippen LogP contribution in [0.25, 0.3) is 0 Å². The fourth-order valence-electron chi connectivity index (χ4n) is 2.62. The van der Waals surface area contributed by atoms with Crippen molar-refractivity contribution in [2.24, 2.45) is 0 Å². The first-order chi connectivity index (χ1) is 12.6. The Kier molecular flexibility index (Phi) is 10.9. The first kappa shape index (κ1) is 23.3. The Labute approximate surface area is 169 Å². The first-order valence-electron chi connectivity index (χ1n) is 9.26. The number of halogens is 1. The maximum absolute atomic E-state index is 5.97. The topological polar surface area (TPSA) is 39.7 Å². The lowest BCUT2D eigenvalue weighted by Crippen LogP contribution is -2.17. The van der Waals surface area contributed by atoms with Gasteiger partial charge in [-0.1, -0.05) is 30.3 Å². The molecule has 0 heterocycles. The van der Waals surface area contributed by atoms with Gasteiger partial charge in [-0.2, -0.15) is 0 Å². The van der Waals surface area contributed by atoms with Crippen molar-refractivity contribution in [1.82, 2.24) is 5.32 Å². The predicted octanol–water partition coefficient (Wildman–Crippen LogP) is 4.91. The molecule has 2 rings (SSSR count). The Morgan fingerprint density at radius 3 is 2.52 bits per heavy atom. The van der Waals surface area contributed by atoms with E-state index in [1.165, 1.54) is 16.7 Å². The zero-order chi connectivity index (χ0) is 18.8. The number of nitrogens with one attached hydrogen (secondary N) is 1. The summed E-state index contributed by atoms with van der Waals surface area (Å²) in [4.78, 5) is 0. The summed E-state index contributed by atoms with van der Waals surface area (Å²) in [5.74, 6) is 1.53. The van der Waals surface area contributed by atoms with Crippen molar-refractivity contribution in [1.29, 1.82) is 0 Å². The molecule has 0 radical (unpaired) electrons. The lowest BCUT2D eigenvalue weighted by atomic mass is 10.1. The van der Waals surface area contributed by atoms with E-state index in [9.17, 15) is 0 Å². The molecule has 0 aliphatic carbocycles. The van der Waals surface area contributed by atoms with E-state index < -0.39 is 0 Å². The van der Waals surface area contributed by atoms with Crippen LogP contribution in [0.1, 0.15) is 37.0 Å². The van der Waals surface area contributed by atoms with Gasteiger partial charge >= 0.3 is 0 Å². The van der Waals surface area contributed by atoms with E-state index in [2.05, 4.69) is 44.3 Å². The molecule has 0 spiro atoms. The van der Waals surface area contributed by atoms with Crippen LogP contribution < -0.4 is 14.8 Å². The van der Waals surface area contributed by atoms with E-state index in [1.54, 1.807) is 7.11 Å². The Hall–Kier alpha value is -1.75.